The van der Waals surface area contributed by atoms with Gasteiger partial charge in [0.2, 0.25) is 0 Å². The zero-order valence-electron chi connectivity index (χ0n) is 11.9. The summed E-state index contributed by atoms with van der Waals surface area (Å²) < 4.78 is 2.75. The van der Waals surface area contributed by atoms with Crippen molar-refractivity contribution in [3.8, 4) is 0 Å². The van der Waals surface area contributed by atoms with Crippen LogP contribution in [0.2, 0.25) is 0 Å². The molecule has 2 aromatic rings. The maximum Gasteiger partial charge on any atom is 0.332 e. The van der Waals surface area contributed by atoms with Crippen molar-refractivity contribution in [2.24, 2.45) is 7.05 Å². The van der Waals surface area contributed by atoms with E-state index in [2.05, 4.69) is 14.9 Å². The maximum atomic E-state index is 12.5. The second-order valence-corrected chi connectivity index (χ2v) is 5.41. The monoisotopic (exact) mass is 293 g/mol. The van der Waals surface area contributed by atoms with E-state index in [0.29, 0.717) is 17.7 Å². The molecular formula is C13H19N5O3. The molecule has 0 radical (unpaired) electrons. The van der Waals surface area contributed by atoms with Gasteiger partial charge in [-0.25, -0.2) is 9.78 Å². The smallest absolute Gasteiger partial charge is 0.332 e. The molecule has 1 aliphatic heterocycles. The number of fused-ring (bicyclic) bond motifs is 1. The molecule has 0 saturated carbocycles. The van der Waals surface area contributed by atoms with Gasteiger partial charge >= 0.3 is 5.69 Å². The molecule has 8 heteroatoms. The number of aliphatic hydroxyl groups is 1. The number of β-amino-alcohol motifs (C(OH)–C–C–N with tert-alkyl or cyclic N) is 1. The van der Waals surface area contributed by atoms with E-state index in [1.165, 1.54) is 15.5 Å². The lowest BCUT2D eigenvalue weighted by atomic mass is 10.0. The summed E-state index contributed by atoms with van der Waals surface area (Å²) in [7, 11) is 1.63. The molecule has 0 atom stereocenters. The second kappa shape index (κ2) is 5.45. The highest BCUT2D eigenvalue weighted by Gasteiger charge is 2.24. The van der Waals surface area contributed by atoms with E-state index < -0.39 is 0 Å². The summed E-state index contributed by atoms with van der Waals surface area (Å²) in [6.45, 7) is 2.33. The van der Waals surface area contributed by atoms with Gasteiger partial charge in [0.25, 0.3) is 5.56 Å². The number of aliphatic hydroxyl groups excluding tert-OH is 1. The number of imidazole rings is 1. The Morgan fingerprint density at radius 1 is 1.38 bits per heavy atom. The van der Waals surface area contributed by atoms with Crippen molar-refractivity contribution in [1.82, 2.24) is 24.0 Å². The van der Waals surface area contributed by atoms with Gasteiger partial charge in [-0.2, -0.15) is 0 Å². The summed E-state index contributed by atoms with van der Waals surface area (Å²) in [6, 6.07) is -0.0983. The van der Waals surface area contributed by atoms with Crippen molar-refractivity contribution < 1.29 is 5.11 Å². The van der Waals surface area contributed by atoms with E-state index in [9.17, 15) is 9.59 Å². The van der Waals surface area contributed by atoms with E-state index in [4.69, 9.17) is 5.11 Å². The van der Waals surface area contributed by atoms with Crippen LogP contribution in [0.5, 0.6) is 0 Å². The fourth-order valence-corrected chi connectivity index (χ4v) is 3.02. The number of hydrogen-bond acceptors (Lipinski definition) is 5. The van der Waals surface area contributed by atoms with Crippen LogP contribution in [0.1, 0.15) is 18.9 Å². The average Bonchev–Trinajstić information content (AvgIpc) is 2.97. The van der Waals surface area contributed by atoms with E-state index in [1.54, 1.807) is 7.05 Å². The number of aryl methyl sites for hydroxylation is 1. The molecule has 0 amide bonds. The van der Waals surface area contributed by atoms with Crippen LogP contribution in [0.25, 0.3) is 11.2 Å². The number of H-pyrrole nitrogens is 1. The predicted molar refractivity (Wildman–Crippen MR) is 77.4 cm³/mol. The topological polar surface area (TPSA) is 96.1 Å². The van der Waals surface area contributed by atoms with Crippen LogP contribution in [0.3, 0.4) is 0 Å². The third-order valence-corrected chi connectivity index (χ3v) is 4.20. The predicted octanol–water partition coefficient (Wildman–Crippen LogP) is -0.947. The van der Waals surface area contributed by atoms with Crippen molar-refractivity contribution in [3.63, 3.8) is 0 Å². The fraction of sp³-hybridized carbons (Fsp3) is 0.615. The Kier molecular flexibility index (Phi) is 3.64. The number of nitrogens with zero attached hydrogens (tertiary/aromatic N) is 4. The molecule has 0 spiro atoms. The summed E-state index contributed by atoms with van der Waals surface area (Å²) in [4.78, 5) is 33.9. The minimum absolute atomic E-state index is 0.0983. The molecule has 2 N–H and O–H groups in total. The first kappa shape index (κ1) is 14.0. The third kappa shape index (κ3) is 2.30. The van der Waals surface area contributed by atoms with Gasteiger partial charge < -0.3 is 15.0 Å². The highest BCUT2D eigenvalue weighted by molar-refractivity contribution is 5.68. The number of aromatic amines is 1. The number of piperidine rings is 1. The Morgan fingerprint density at radius 3 is 2.76 bits per heavy atom. The first-order valence-electron chi connectivity index (χ1n) is 7.11. The van der Waals surface area contributed by atoms with Crippen molar-refractivity contribution in [2.75, 3.05) is 26.2 Å². The molecule has 2 aromatic heterocycles. The summed E-state index contributed by atoms with van der Waals surface area (Å²) in [5, 5.41) is 8.96. The third-order valence-electron chi connectivity index (χ3n) is 4.20. The van der Waals surface area contributed by atoms with Crippen LogP contribution in [-0.2, 0) is 7.05 Å². The first-order valence-corrected chi connectivity index (χ1v) is 7.11. The molecule has 0 aliphatic carbocycles. The minimum Gasteiger partial charge on any atom is -0.395 e. The molecule has 1 fully saturated rings. The lowest BCUT2D eigenvalue weighted by Gasteiger charge is -2.32. The van der Waals surface area contributed by atoms with Crippen LogP contribution in [0.4, 0.5) is 0 Å². The highest BCUT2D eigenvalue weighted by Crippen LogP contribution is 2.19. The molecule has 8 nitrogen and oxygen atoms in total. The van der Waals surface area contributed by atoms with E-state index in [-0.39, 0.29) is 23.9 Å². The molecule has 0 unspecified atom stereocenters. The summed E-state index contributed by atoms with van der Waals surface area (Å²) in [5.74, 6) is 0. The number of nitrogens with one attached hydrogen (secondary N) is 1. The van der Waals surface area contributed by atoms with Gasteiger partial charge in [-0.05, 0) is 12.8 Å². The Bertz CT molecular complexity index is 751. The number of aromatic nitrogens is 4. The van der Waals surface area contributed by atoms with Crippen LogP contribution in [0.15, 0.2) is 15.9 Å². The highest BCUT2D eigenvalue weighted by atomic mass is 16.3. The van der Waals surface area contributed by atoms with Crippen molar-refractivity contribution in [2.45, 2.75) is 18.9 Å². The zero-order valence-corrected chi connectivity index (χ0v) is 11.9. The normalized spacial score (nSPS) is 17.6. The summed E-state index contributed by atoms with van der Waals surface area (Å²) in [5.41, 5.74) is 0.139. The number of hydrogen-bond donors (Lipinski definition) is 2. The number of rotatable bonds is 3. The SMILES string of the molecule is Cn1c(=O)n(C2CCN(CCO)CC2)c(=O)c2[nH]cnc21. The Balaban J connectivity index is 1.98. The second-order valence-electron chi connectivity index (χ2n) is 5.41. The van der Waals surface area contributed by atoms with Gasteiger partial charge in [0.1, 0.15) is 5.52 Å². The van der Waals surface area contributed by atoms with E-state index in [0.717, 1.165) is 25.9 Å². The molecular weight excluding hydrogens is 274 g/mol. The van der Waals surface area contributed by atoms with Gasteiger partial charge in [-0.15, -0.1) is 0 Å². The molecule has 1 saturated heterocycles. The van der Waals surface area contributed by atoms with Gasteiger partial charge in [-0.3, -0.25) is 13.9 Å². The Labute approximate surface area is 120 Å². The van der Waals surface area contributed by atoms with Gasteiger partial charge in [0, 0.05) is 32.7 Å². The summed E-state index contributed by atoms with van der Waals surface area (Å²) >= 11 is 0. The average molecular weight is 293 g/mol. The Morgan fingerprint density at radius 2 is 2.10 bits per heavy atom. The fourth-order valence-electron chi connectivity index (χ4n) is 3.02. The van der Waals surface area contributed by atoms with Crippen LogP contribution >= 0.6 is 0 Å². The van der Waals surface area contributed by atoms with E-state index in [1.807, 2.05) is 0 Å². The lowest BCUT2D eigenvalue weighted by Crippen LogP contribution is -2.45. The molecule has 0 aromatic carbocycles. The molecule has 21 heavy (non-hydrogen) atoms. The van der Waals surface area contributed by atoms with Crippen LogP contribution < -0.4 is 11.2 Å². The number of likely N-dealkylation sites (tertiary alicyclic amines) is 1. The molecule has 3 rings (SSSR count). The molecule has 3 heterocycles. The van der Waals surface area contributed by atoms with E-state index >= 15 is 0 Å². The molecule has 0 bridgehead atoms. The minimum atomic E-state index is -0.319. The van der Waals surface area contributed by atoms with Crippen LogP contribution in [0, 0.1) is 0 Å². The van der Waals surface area contributed by atoms with Gasteiger partial charge in [-0.1, -0.05) is 0 Å². The lowest BCUT2D eigenvalue weighted by molar-refractivity contribution is 0.147. The van der Waals surface area contributed by atoms with Crippen LogP contribution in [-0.4, -0.2) is 55.3 Å². The summed E-state index contributed by atoms with van der Waals surface area (Å²) in [6.07, 6.45) is 2.89. The van der Waals surface area contributed by atoms with Crippen molar-refractivity contribution in [1.29, 1.82) is 0 Å². The maximum absolute atomic E-state index is 12.5. The first-order chi connectivity index (χ1) is 10.1. The molecule has 1 aliphatic rings. The van der Waals surface area contributed by atoms with Crippen molar-refractivity contribution in [3.05, 3.63) is 27.2 Å². The van der Waals surface area contributed by atoms with Gasteiger partial charge in [0.05, 0.1) is 12.9 Å². The zero-order chi connectivity index (χ0) is 15.0. The quantitative estimate of drug-likeness (QED) is 0.761. The standard InChI is InChI=1S/C13H19N5O3/c1-16-11-10(14-8-15-11)12(20)18(13(16)21)9-2-4-17(5-3-9)6-7-19/h8-9,19H,2-7H2,1H3,(H,14,15). The molecule has 114 valence electrons. The van der Waals surface area contributed by atoms with Gasteiger partial charge in [0.15, 0.2) is 5.65 Å². The largest absolute Gasteiger partial charge is 0.395 e. The van der Waals surface area contributed by atoms with Crippen molar-refractivity contribution >= 4 is 11.2 Å². The Hall–Kier alpha value is -1.93.